The largest absolute Gasteiger partial charge is 0.497 e. The van der Waals surface area contributed by atoms with Crippen LogP contribution in [0.5, 0.6) is 5.75 Å². The van der Waals surface area contributed by atoms with Crippen LogP contribution in [0.15, 0.2) is 60.9 Å². The Labute approximate surface area is 143 Å². The number of benzene rings is 2. The highest BCUT2D eigenvalue weighted by Crippen LogP contribution is 2.25. The number of nitrogens with zero attached hydrogens (tertiary/aromatic N) is 3. The van der Waals surface area contributed by atoms with Crippen molar-refractivity contribution in [2.75, 3.05) is 7.11 Å². The second kappa shape index (κ2) is 5.77. The van der Waals surface area contributed by atoms with E-state index < -0.39 is 0 Å². The molecule has 4 aromatic rings. The number of rotatable bonds is 3. The van der Waals surface area contributed by atoms with Crippen molar-refractivity contribution in [1.29, 1.82) is 5.26 Å². The van der Waals surface area contributed by atoms with Crippen LogP contribution in [0.3, 0.4) is 0 Å². The summed E-state index contributed by atoms with van der Waals surface area (Å²) in [6.07, 6.45) is 3.61. The maximum Gasteiger partial charge on any atom is 0.195 e. The molecule has 0 saturated carbocycles. The van der Waals surface area contributed by atoms with E-state index in [2.05, 4.69) is 11.1 Å². The molecule has 5 heteroatoms. The third kappa shape index (κ3) is 2.41. The van der Waals surface area contributed by atoms with E-state index in [0.29, 0.717) is 33.5 Å². The van der Waals surface area contributed by atoms with Gasteiger partial charge in [0.2, 0.25) is 0 Å². The number of carbonyl (C=O) groups is 1. The van der Waals surface area contributed by atoms with Gasteiger partial charge in [-0.2, -0.15) is 5.26 Å². The lowest BCUT2D eigenvalue weighted by atomic mass is 9.99. The maximum atomic E-state index is 13.1. The number of hydrogen-bond donors (Lipinski definition) is 0. The van der Waals surface area contributed by atoms with E-state index in [-0.39, 0.29) is 5.78 Å². The van der Waals surface area contributed by atoms with E-state index in [1.54, 1.807) is 49.7 Å². The maximum absolute atomic E-state index is 13.1. The molecule has 0 atom stereocenters. The van der Waals surface area contributed by atoms with Crippen molar-refractivity contribution >= 4 is 22.3 Å². The van der Waals surface area contributed by atoms with Gasteiger partial charge in [-0.3, -0.25) is 9.78 Å². The van der Waals surface area contributed by atoms with Gasteiger partial charge in [-0.15, -0.1) is 0 Å². The van der Waals surface area contributed by atoms with Crippen LogP contribution < -0.4 is 4.74 Å². The second-order valence-corrected chi connectivity index (χ2v) is 5.62. The lowest BCUT2D eigenvalue weighted by Crippen LogP contribution is -2.06. The van der Waals surface area contributed by atoms with Gasteiger partial charge in [0.15, 0.2) is 5.78 Å². The van der Waals surface area contributed by atoms with E-state index >= 15 is 0 Å². The molecule has 120 valence electrons. The molecule has 0 amide bonds. The van der Waals surface area contributed by atoms with Crippen LogP contribution in [-0.4, -0.2) is 22.3 Å². The fourth-order valence-corrected chi connectivity index (χ4v) is 2.94. The van der Waals surface area contributed by atoms with E-state index in [1.165, 1.54) is 0 Å². The van der Waals surface area contributed by atoms with Gasteiger partial charge in [0.25, 0.3) is 0 Å². The van der Waals surface area contributed by atoms with Gasteiger partial charge >= 0.3 is 0 Å². The number of aromatic nitrogens is 2. The Morgan fingerprint density at radius 1 is 1.20 bits per heavy atom. The lowest BCUT2D eigenvalue weighted by molar-refractivity contribution is 0.104. The minimum atomic E-state index is -0.159. The molecule has 0 aliphatic heterocycles. The highest BCUT2D eigenvalue weighted by atomic mass is 16.5. The third-order valence-corrected chi connectivity index (χ3v) is 4.17. The summed E-state index contributed by atoms with van der Waals surface area (Å²) in [6, 6.07) is 16.2. The Hall–Kier alpha value is -3.65. The zero-order valence-corrected chi connectivity index (χ0v) is 13.4. The Bertz CT molecular complexity index is 1150. The van der Waals surface area contributed by atoms with Gasteiger partial charge in [-0.05, 0) is 48.5 Å². The molecule has 2 aromatic carbocycles. The molecule has 0 fully saturated rings. The highest BCUT2D eigenvalue weighted by Gasteiger charge is 2.17. The van der Waals surface area contributed by atoms with Gasteiger partial charge in [0.1, 0.15) is 5.75 Å². The first-order valence-electron chi connectivity index (χ1n) is 7.70. The van der Waals surface area contributed by atoms with Gasteiger partial charge in [0.05, 0.1) is 47.1 Å². The zero-order chi connectivity index (χ0) is 17.4. The first-order chi connectivity index (χ1) is 12.2. The Morgan fingerprint density at radius 2 is 2.00 bits per heavy atom. The number of fused-ring (bicyclic) bond motifs is 3. The summed E-state index contributed by atoms with van der Waals surface area (Å²) < 4.78 is 7.06. The van der Waals surface area contributed by atoms with Crippen LogP contribution in [0.2, 0.25) is 0 Å². The SMILES string of the molecule is COc1ccc(C(=O)c2cc(C#N)cc3ncc4cccn4c23)cc1. The minimum Gasteiger partial charge on any atom is -0.497 e. The molecule has 5 nitrogen and oxygen atoms in total. The van der Waals surface area contributed by atoms with Crippen molar-refractivity contribution in [1.82, 2.24) is 9.38 Å². The highest BCUT2D eigenvalue weighted by molar-refractivity contribution is 6.15. The van der Waals surface area contributed by atoms with E-state index in [4.69, 9.17) is 4.74 Å². The molecule has 2 aromatic heterocycles. The number of ketones is 1. The summed E-state index contributed by atoms with van der Waals surface area (Å²) in [7, 11) is 1.58. The van der Waals surface area contributed by atoms with Crippen LogP contribution in [0.25, 0.3) is 16.6 Å². The molecular weight excluding hydrogens is 314 g/mol. The van der Waals surface area contributed by atoms with Crippen LogP contribution >= 0.6 is 0 Å². The fourth-order valence-electron chi connectivity index (χ4n) is 2.94. The average Bonchev–Trinajstić information content (AvgIpc) is 3.15. The number of methoxy groups -OCH3 is 1. The van der Waals surface area contributed by atoms with Gasteiger partial charge in [0, 0.05) is 11.8 Å². The molecule has 0 N–H and O–H groups in total. The predicted molar refractivity (Wildman–Crippen MR) is 93.8 cm³/mol. The molecule has 25 heavy (non-hydrogen) atoms. The van der Waals surface area contributed by atoms with Crippen LogP contribution in [-0.2, 0) is 0 Å². The predicted octanol–water partition coefficient (Wildman–Crippen LogP) is 3.60. The summed E-state index contributed by atoms with van der Waals surface area (Å²) in [5.41, 5.74) is 3.58. The minimum absolute atomic E-state index is 0.159. The van der Waals surface area contributed by atoms with Crippen LogP contribution in [0, 0.1) is 11.3 Å². The van der Waals surface area contributed by atoms with Crippen molar-refractivity contribution in [3.8, 4) is 11.8 Å². The van der Waals surface area contributed by atoms with Gasteiger partial charge in [-0.25, -0.2) is 0 Å². The summed E-state index contributed by atoms with van der Waals surface area (Å²) in [4.78, 5) is 17.5. The third-order valence-electron chi connectivity index (χ3n) is 4.17. The smallest absolute Gasteiger partial charge is 0.195 e. The van der Waals surface area contributed by atoms with Crippen molar-refractivity contribution in [3.05, 3.63) is 77.6 Å². The first-order valence-corrected chi connectivity index (χ1v) is 7.70. The lowest BCUT2D eigenvalue weighted by Gasteiger charge is -2.10. The summed E-state index contributed by atoms with van der Waals surface area (Å²) in [5, 5.41) is 9.30. The van der Waals surface area contributed by atoms with E-state index in [9.17, 15) is 10.1 Å². The molecule has 0 bridgehead atoms. The number of ether oxygens (including phenoxy) is 1. The number of hydrogen-bond acceptors (Lipinski definition) is 4. The fraction of sp³-hybridized carbons (Fsp3) is 0.0500. The Balaban J connectivity index is 1.99. The van der Waals surface area contributed by atoms with Crippen LogP contribution in [0.1, 0.15) is 21.5 Å². The average molecular weight is 327 g/mol. The van der Waals surface area contributed by atoms with Crippen molar-refractivity contribution in [3.63, 3.8) is 0 Å². The molecule has 0 aliphatic rings. The van der Waals surface area contributed by atoms with Crippen molar-refractivity contribution < 1.29 is 9.53 Å². The summed E-state index contributed by atoms with van der Waals surface area (Å²) >= 11 is 0. The second-order valence-electron chi connectivity index (χ2n) is 5.62. The standard InChI is InChI=1S/C20H13N3O2/c1-25-16-6-4-14(5-7-16)20(24)17-9-13(11-21)10-18-19(17)23-8-2-3-15(23)12-22-18/h2-10,12H,1H3. The topological polar surface area (TPSA) is 67.4 Å². The Kier molecular flexibility index (Phi) is 3.44. The number of carbonyl (C=O) groups excluding carboxylic acids is 1. The van der Waals surface area contributed by atoms with Crippen molar-refractivity contribution in [2.45, 2.75) is 0 Å². The molecule has 0 radical (unpaired) electrons. The molecule has 0 unspecified atom stereocenters. The first kappa shape index (κ1) is 14.9. The molecule has 2 heterocycles. The molecule has 0 aliphatic carbocycles. The summed E-state index contributed by atoms with van der Waals surface area (Å²) in [6.45, 7) is 0. The van der Waals surface area contributed by atoms with E-state index in [1.807, 2.05) is 22.7 Å². The monoisotopic (exact) mass is 327 g/mol. The normalized spacial score (nSPS) is 10.7. The molecule has 0 saturated heterocycles. The quantitative estimate of drug-likeness (QED) is 0.539. The summed E-state index contributed by atoms with van der Waals surface area (Å²) in [5.74, 6) is 0.523. The van der Waals surface area contributed by atoms with Crippen molar-refractivity contribution in [2.24, 2.45) is 0 Å². The van der Waals surface area contributed by atoms with Crippen LogP contribution in [0.4, 0.5) is 0 Å². The molecule has 0 spiro atoms. The molecular formula is C20H13N3O2. The van der Waals surface area contributed by atoms with Gasteiger partial charge in [-0.1, -0.05) is 0 Å². The number of nitriles is 1. The molecule has 4 rings (SSSR count). The van der Waals surface area contributed by atoms with E-state index in [0.717, 1.165) is 5.52 Å². The Morgan fingerprint density at radius 3 is 2.72 bits per heavy atom. The zero-order valence-electron chi connectivity index (χ0n) is 13.4. The van der Waals surface area contributed by atoms with Gasteiger partial charge < -0.3 is 9.14 Å².